The molecule has 3 rings (SSSR count). The van der Waals surface area contributed by atoms with Gasteiger partial charge in [-0.2, -0.15) is 0 Å². The SMILES string of the molecule is C=C1CC[C@@H]2CCC3=C(C2(C)C)[C@@](O)(C/C(C)=C/[C@@H](OC(C)=O)C1)OC3=O. The second-order valence-corrected chi connectivity index (χ2v) is 8.82. The minimum Gasteiger partial charge on any atom is -0.458 e. The Bertz CT molecular complexity index is 742. The highest BCUT2D eigenvalue weighted by atomic mass is 16.7. The lowest BCUT2D eigenvalue weighted by Gasteiger charge is -2.44. The summed E-state index contributed by atoms with van der Waals surface area (Å²) in [5.74, 6) is -2.04. The number of hydrogen-bond donors (Lipinski definition) is 1. The fourth-order valence-electron chi connectivity index (χ4n) is 5.10. The van der Waals surface area contributed by atoms with E-state index in [1.165, 1.54) is 6.92 Å². The number of aliphatic hydroxyl groups is 1. The van der Waals surface area contributed by atoms with E-state index < -0.39 is 17.9 Å². The van der Waals surface area contributed by atoms with E-state index in [0.717, 1.165) is 36.0 Å². The van der Waals surface area contributed by atoms with Crippen molar-refractivity contribution >= 4 is 11.9 Å². The molecule has 5 heteroatoms. The number of carbonyl (C=O) groups excluding carboxylic acids is 2. The Morgan fingerprint density at radius 2 is 2.00 bits per heavy atom. The Hall–Kier alpha value is -1.88. The van der Waals surface area contributed by atoms with Crippen molar-refractivity contribution in [3.05, 3.63) is 34.9 Å². The van der Waals surface area contributed by atoms with E-state index in [1.807, 2.05) is 13.0 Å². The first-order valence-corrected chi connectivity index (χ1v) is 9.74. The van der Waals surface area contributed by atoms with Crippen LogP contribution in [0.4, 0.5) is 0 Å². The minimum atomic E-state index is -1.62. The van der Waals surface area contributed by atoms with Gasteiger partial charge in [-0.3, -0.25) is 4.79 Å². The summed E-state index contributed by atoms with van der Waals surface area (Å²) < 4.78 is 10.9. The maximum absolute atomic E-state index is 12.4. The van der Waals surface area contributed by atoms with Crippen LogP contribution in [0.1, 0.15) is 66.2 Å². The lowest BCUT2D eigenvalue weighted by molar-refractivity contribution is -0.184. The van der Waals surface area contributed by atoms with Crippen molar-refractivity contribution in [1.29, 1.82) is 0 Å². The molecule has 0 aromatic carbocycles. The third kappa shape index (κ3) is 3.75. The molecule has 0 unspecified atom stereocenters. The van der Waals surface area contributed by atoms with Crippen LogP contribution in [0, 0.1) is 11.3 Å². The van der Waals surface area contributed by atoms with Gasteiger partial charge < -0.3 is 14.6 Å². The molecule has 148 valence electrons. The van der Waals surface area contributed by atoms with Crippen molar-refractivity contribution in [1.82, 2.24) is 0 Å². The molecule has 0 saturated carbocycles. The van der Waals surface area contributed by atoms with E-state index >= 15 is 0 Å². The molecule has 1 aliphatic heterocycles. The largest absolute Gasteiger partial charge is 0.458 e. The Balaban J connectivity index is 2.04. The zero-order valence-electron chi connectivity index (χ0n) is 16.8. The molecule has 0 radical (unpaired) electrons. The standard InChI is InChI=1S/C22H30O5/c1-13-6-7-16-8-9-18-19(21(16,4)5)22(25,27-20(18)24)12-14(2)11-17(10-13)26-15(3)23/h11,16-17,25H,1,6-10,12H2,2-5H3/b14-11+/t16-,17+,22-/m1/s1. The summed E-state index contributed by atoms with van der Waals surface area (Å²) in [5.41, 5.74) is 2.91. The lowest BCUT2D eigenvalue weighted by Crippen LogP contribution is -2.42. The summed E-state index contributed by atoms with van der Waals surface area (Å²) in [6.07, 6.45) is 5.45. The summed E-state index contributed by atoms with van der Waals surface area (Å²) in [6, 6.07) is 0. The predicted molar refractivity (Wildman–Crippen MR) is 101 cm³/mol. The molecular formula is C22H30O5. The van der Waals surface area contributed by atoms with E-state index in [4.69, 9.17) is 9.47 Å². The van der Waals surface area contributed by atoms with E-state index in [9.17, 15) is 14.7 Å². The van der Waals surface area contributed by atoms with Gasteiger partial charge in [0.25, 0.3) is 0 Å². The molecule has 0 aromatic rings. The van der Waals surface area contributed by atoms with Crippen molar-refractivity contribution in [2.24, 2.45) is 11.3 Å². The summed E-state index contributed by atoms with van der Waals surface area (Å²) in [4.78, 5) is 23.9. The first-order chi connectivity index (χ1) is 12.5. The van der Waals surface area contributed by atoms with Crippen LogP contribution in [0.5, 0.6) is 0 Å². The van der Waals surface area contributed by atoms with Crippen LogP contribution in [0.25, 0.3) is 0 Å². The third-order valence-electron chi connectivity index (χ3n) is 6.25. The first kappa shape index (κ1) is 19.9. The van der Waals surface area contributed by atoms with Gasteiger partial charge in [0, 0.05) is 30.9 Å². The van der Waals surface area contributed by atoms with Crippen LogP contribution in [-0.2, 0) is 19.1 Å². The van der Waals surface area contributed by atoms with Gasteiger partial charge in [-0.05, 0) is 50.0 Å². The fourth-order valence-corrected chi connectivity index (χ4v) is 5.10. The maximum Gasteiger partial charge on any atom is 0.336 e. The average molecular weight is 374 g/mol. The van der Waals surface area contributed by atoms with E-state index in [0.29, 0.717) is 24.3 Å². The van der Waals surface area contributed by atoms with Crippen molar-refractivity contribution in [3.63, 3.8) is 0 Å². The molecule has 0 aromatic heterocycles. The molecule has 3 atom stereocenters. The summed E-state index contributed by atoms with van der Waals surface area (Å²) in [7, 11) is 0. The van der Waals surface area contributed by atoms with Gasteiger partial charge in [0.2, 0.25) is 5.79 Å². The van der Waals surface area contributed by atoms with Crippen LogP contribution < -0.4 is 0 Å². The highest BCUT2D eigenvalue weighted by molar-refractivity contribution is 5.93. The number of fused-ring (bicyclic) bond motifs is 1. The molecule has 5 nitrogen and oxygen atoms in total. The molecule has 3 aliphatic rings. The highest BCUT2D eigenvalue weighted by Crippen LogP contribution is 2.55. The maximum atomic E-state index is 12.4. The summed E-state index contributed by atoms with van der Waals surface area (Å²) >= 11 is 0. The molecule has 2 bridgehead atoms. The fraction of sp³-hybridized carbons (Fsp3) is 0.636. The van der Waals surface area contributed by atoms with Crippen LogP contribution in [0.3, 0.4) is 0 Å². The van der Waals surface area contributed by atoms with E-state index in [2.05, 4.69) is 20.4 Å². The number of hydrogen-bond acceptors (Lipinski definition) is 5. The third-order valence-corrected chi connectivity index (χ3v) is 6.25. The van der Waals surface area contributed by atoms with Crippen LogP contribution >= 0.6 is 0 Å². The number of esters is 2. The van der Waals surface area contributed by atoms with Gasteiger partial charge in [0.05, 0.1) is 0 Å². The zero-order valence-corrected chi connectivity index (χ0v) is 16.8. The molecule has 1 N–H and O–H groups in total. The number of carbonyl (C=O) groups is 2. The van der Waals surface area contributed by atoms with Crippen molar-refractivity contribution in [2.75, 3.05) is 0 Å². The molecule has 27 heavy (non-hydrogen) atoms. The second-order valence-electron chi connectivity index (χ2n) is 8.82. The molecular weight excluding hydrogens is 344 g/mol. The van der Waals surface area contributed by atoms with Crippen LogP contribution in [0.2, 0.25) is 0 Å². The first-order valence-electron chi connectivity index (χ1n) is 9.74. The molecule has 0 saturated heterocycles. The van der Waals surface area contributed by atoms with Crippen LogP contribution in [0.15, 0.2) is 34.9 Å². The van der Waals surface area contributed by atoms with Gasteiger partial charge in [-0.25, -0.2) is 4.79 Å². The van der Waals surface area contributed by atoms with Crippen molar-refractivity contribution in [3.8, 4) is 0 Å². The Labute approximate surface area is 161 Å². The van der Waals surface area contributed by atoms with Gasteiger partial charge in [0.15, 0.2) is 0 Å². The molecule has 0 fully saturated rings. The number of ether oxygens (including phenoxy) is 2. The van der Waals surface area contributed by atoms with Gasteiger partial charge >= 0.3 is 11.9 Å². The molecule has 0 spiro atoms. The Morgan fingerprint density at radius 3 is 2.67 bits per heavy atom. The quantitative estimate of drug-likeness (QED) is 0.555. The normalized spacial score (nSPS) is 35.5. The van der Waals surface area contributed by atoms with E-state index in [1.54, 1.807) is 0 Å². The second kappa shape index (κ2) is 6.93. The van der Waals surface area contributed by atoms with Gasteiger partial charge in [-0.1, -0.05) is 31.6 Å². The molecule has 1 heterocycles. The number of rotatable bonds is 1. The lowest BCUT2D eigenvalue weighted by atomic mass is 9.61. The average Bonchev–Trinajstić information content (AvgIpc) is 2.75. The monoisotopic (exact) mass is 374 g/mol. The Morgan fingerprint density at radius 1 is 1.33 bits per heavy atom. The smallest absolute Gasteiger partial charge is 0.336 e. The topological polar surface area (TPSA) is 72.8 Å². The van der Waals surface area contributed by atoms with Crippen LogP contribution in [-0.4, -0.2) is 28.9 Å². The summed E-state index contributed by atoms with van der Waals surface area (Å²) in [6.45, 7) is 11.6. The molecule has 2 aliphatic carbocycles. The highest BCUT2D eigenvalue weighted by Gasteiger charge is 2.55. The minimum absolute atomic E-state index is 0.179. The van der Waals surface area contributed by atoms with Crippen molar-refractivity contribution in [2.45, 2.75) is 78.1 Å². The van der Waals surface area contributed by atoms with E-state index in [-0.39, 0.29) is 17.8 Å². The zero-order chi connectivity index (χ0) is 20.0. The van der Waals surface area contributed by atoms with Crippen molar-refractivity contribution < 1.29 is 24.2 Å². The predicted octanol–water partition coefficient (Wildman–Crippen LogP) is 3.97. The Kier molecular flexibility index (Phi) is 5.10. The van der Waals surface area contributed by atoms with Gasteiger partial charge in [0.1, 0.15) is 6.10 Å². The van der Waals surface area contributed by atoms with Gasteiger partial charge in [-0.15, -0.1) is 0 Å². The summed E-state index contributed by atoms with van der Waals surface area (Å²) in [5, 5.41) is 11.3. The molecule has 0 amide bonds.